The van der Waals surface area contributed by atoms with Gasteiger partial charge < -0.3 is 0 Å². The Morgan fingerprint density at radius 3 is 2.33 bits per heavy atom. The highest BCUT2D eigenvalue weighted by Crippen LogP contribution is 2.30. The van der Waals surface area contributed by atoms with Crippen LogP contribution in [0.4, 0.5) is 13.2 Å². The molecular formula is C8H6ClF3. The maximum atomic E-state index is 12.8. The van der Waals surface area contributed by atoms with Gasteiger partial charge in [0.05, 0.1) is 5.56 Å². The third kappa shape index (κ3) is 1.91. The van der Waals surface area contributed by atoms with Crippen LogP contribution in [-0.4, -0.2) is 0 Å². The molecule has 0 aromatic heterocycles. The molecule has 0 aliphatic carbocycles. The molecule has 0 saturated heterocycles. The van der Waals surface area contributed by atoms with E-state index >= 15 is 0 Å². The average Bonchev–Trinajstić information content (AvgIpc) is 1.83. The molecule has 0 bridgehead atoms. The zero-order valence-corrected chi connectivity index (χ0v) is 7.00. The Kier molecular flexibility index (Phi) is 2.33. The monoisotopic (exact) mass is 194 g/mol. The van der Waals surface area contributed by atoms with Crippen LogP contribution >= 0.6 is 11.6 Å². The van der Waals surface area contributed by atoms with E-state index in [9.17, 15) is 13.2 Å². The number of alkyl halides is 2. The van der Waals surface area contributed by atoms with Gasteiger partial charge in [-0.3, -0.25) is 0 Å². The first-order valence-corrected chi connectivity index (χ1v) is 3.62. The minimum absolute atomic E-state index is 0.112. The largest absolute Gasteiger partial charge is 0.273 e. The van der Waals surface area contributed by atoms with Gasteiger partial charge in [0.2, 0.25) is 0 Å². The van der Waals surface area contributed by atoms with Crippen molar-refractivity contribution in [2.75, 3.05) is 0 Å². The number of hydrogen-bond acceptors (Lipinski definition) is 0. The molecule has 0 heterocycles. The van der Waals surface area contributed by atoms with E-state index in [4.69, 9.17) is 11.6 Å². The van der Waals surface area contributed by atoms with E-state index in [0.717, 1.165) is 12.1 Å². The second-order valence-corrected chi connectivity index (χ2v) is 2.95. The molecule has 0 aliphatic heterocycles. The maximum Gasteiger partial charge on any atom is 0.273 e. The van der Waals surface area contributed by atoms with Gasteiger partial charge in [-0.25, -0.2) is 13.2 Å². The van der Waals surface area contributed by atoms with E-state index in [1.165, 1.54) is 6.07 Å². The lowest BCUT2D eigenvalue weighted by Gasteiger charge is -2.10. The van der Waals surface area contributed by atoms with Crippen LogP contribution < -0.4 is 0 Å². The van der Waals surface area contributed by atoms with Crippen LogP contribution in [-0.2, 0) is 5.92 Å². The SMILES string of the molecule is CC(F)(F)c1ccc(Cl)cc1F. The van der Waals surface area contributed by atoms with Crippen molar-refractivity contribution in [2.45, 2.75) is 12.8 Å². The second kappa shape index (κ2) is 2.98. The van der Waals surface area contributed by atoms with Crippen molar-refractivity contribution in [2.24, 2.45) is 0 Å². The molecule has 1 aromatic carbocycles. The van der Waals surface area contributed by atoms with E-state index in [2.05, 4.69) is 0 Å². The molecule has 0 N–H and O–H groups in total. The van der Waals surface area contributed by atoms with Gasteiger partial charge in [0.1, 0.15) is 5.82 Å². The summed E-state index contributed by atoms with van der Waals surface area (Å²) in [6, 6.07) is 3.09. The quantitative estimate of drug-likeness (QED) is 0.641. The molecule has 0 saturated carbocycles. The molecule has 0 amide bonds. The topological polar surface area (TPSA) is 0 Å². The van der Waals surface area contributed by atoms with Gasteiger partial charge in [0, 0.05) is 11.9 Å². The Bertz CT molecular complexity index is 291. The third-order valence-corrected chi connectivity index (χ3v) is 1.64. The summed E-state index contributed by atoms with van der Waals surface area (Å²) in [6.07, 6.45) is 0. The molecule has 0 aliphatic rings. The van der Waals surface area contributed by atoms with Crippen molar-refractivity contribution in [3.63, 3.8) is 0 Å². The molecule has 0 atom stereocenters. The van der Waals surface area contributed by atoms with Crippen molar-refractivity contribution in [1.29, 1.82) is 0 Å². The zero-order chi connectivity index (χ0) is 9.35. The molecule has 66 valence electrons. The van der Waals surface area contributed by atoms with Crippen LogP contribution in [0.3, 0.4) is 0 Å². The minimum Gasteiger partial charge on any atom is -0.206 e. The van der Waals surface area contributed by atoms with E-state index in [1.54, 1.807) is 0 Å². The number of halogens is 4. The highest BCUT2D eigenvalue weighted by molar-refractivity contribution is 6.30. The van der Waals surface area contributed by atoms with E-state index in [1.807, 2.05) is 0 Å². The fraction of sp³-hybridized carbons (Fsp3) is 0.250. The molecule has 1 aromatic rings. The fourth-order valence-corrected chi connectivity index (χ4v) is 1.00. The molecule has 0 nitrogen and oxygen atoms in total. The smallest absolute Gasteiger partial charge is 0.206 e. The fourth-order valence-electron chi connectivity index (χ4n) is 0.845. The Hall–Kier alpha value is -0.700. The minimum atomic E-state index is -3.16. The summed E-state index contributed by atoms with van der Waals surface area (Å²) in [6.45, 7) is 0.638. The first kappa shape index (κ1) is 9.39. The van der Waals surface area contributed by atoms with Crippen LogP contribution in [0, 0.1) is 5.82 Å². The molecule has 0 spiro atoms. The lowest BCUT2D eigenvalue weighted by molar-refractivity contribution is 0.0138. The number of benzene rings is 1. The van der Waals surface area contributed by atoms with Crippen LogP contribution in [0.1, 0.15) is 12.5 Å². The van der Waals surface area contributed by atoms with Crippen LogP contribution in [0.5, 0.6) is 0 Å². The van der Waals surface area contributed by atoms with Gasteiger partial charge in [-0.2, -0.15) is 0 Å². The first-order valence-electron chi connectivity index (χ1n) is 3.24. The summed E-state index contributed by atoms with van der Waals surface area (Å²) in [4.78, 5) is 0. The Balaban J connectivity index is 3.19. The normalized spacial score (nSPS) is 11.8. The van der Waals surface area contributed by atoms with Crippen molar-refractivity contribution in [3.8, 4) is 0 Å². The lowest BCUT2D eigenvalue weighted by Crippen LogP contribution is -2.09. The maximum absolute atomic E-state index is 12.8. The highest BCUT2D eigenvalue weighted by Gasteiger charge is 2.27. The molecule has 0 unspecified atom stereocenters. The van der Waals surface area contributed by atoms with Crippen molar-refractivity contribution >= 4 is 11.6 Å². The summed E-state index contributed by atoms with van der Waals surface area (Å²) in [5, 5.41) is 0.112. The van der Waals surface area contributed by atoms with Gasteiger partial charge in [-0.05, 0) is 18.2 Å². The van der Waals surface area contributed by atoms with Crippen molar-refractivity contribution in [3.05, 3.63) is 34.6 Å². The van der Waals surface area contributed by atoms with Gasteiger partial charge in [0.25, 0.3) is 5.92 Å². The predicted octanol–water partition coefficient (Wildman–Crippen LogP) is 3.59. The van der Waals surface area contributed by atoms with Gasteiger partial charge in [0.15, 0.2) is 0 Å². The second-order valence-electron chi connectivity index (χ2n) is 2.51. The molecule has 12 heavy (non-hydrogen) atoms. The molecule has 0 fully saturated rings. The lowest BCUT2D eigenvalue weighted by atomic mass is 10.1. The third-order valence-electron chi connectivity index (χ3n) is 1.40. The summed E-state index contributed by atoms with van der Waals surface area (Å²) in [5.41, 5.74) is -0.632. The predicted molar refractivity (Wildman–Crippen MR) is 41.0 cm³/mol. The van der Waals surface area contributed by atoms with E-state index < -0.39 is 17.3 Å². The van der Waals surface area contributed by atoms with Gasteiger partial charge >= 0.3 is 0 Å². The number of rotatable bonds is 1. The summed E-state index contributed by atoms with van der Waals surface area (Å²) in [7, 11) is 0. The zero-order valence-electron chi connectivity index (χ0n) is 6.24. The standard InChI is InChI=1S/C8H6ClF3/c1-8(11,12)6-3-2-5(9)4-7(6)10/h2-4H,1H3. The van der Waals surface area contributed by atoms with Crippen LogP contribution in [0.25, 0.3) is 0 Å². The van der Waals surface area contributed by atoms with Crippen LogP contribution in [0.15, 0.2) is 18.2 Å². The van der Waals surface area contributed by atoms with E-state index in [-0.39, 0.29) is 5.02 Å². The Morgan fingerprint density at radius 2 is 1.92 bits per heavy atom. The molecule has 0 radical (unpaired) electrons. The number of hydrogen-bond donors (Lipinski definition) is 0. The van der Waals surface area contributed by atoms with Gasteiger partial charge in [-0.1, -0.05) is 11.6 Å². The van der Waals surface area contributed by atoms with Crippen molar-refractivity contribution in [1.82, 2.24) is 0 Å². The van der Waals surface area contributed by atoms with Crippen LogP contribution in [0.2, 0.25) is 5.02 Å². The summed E-state index contributed by atoms with van der Waals surface area (Å²) in [5.74, 6) is -4.13. The van der Waals surface area contributed by atoms with Gasteiger partial charge in [-0.15, -0.1) is 0 Å². The molecule has 1 rings (SSSR count). The van der Waals surface area contributed by atoms with E-state index in [0.29, 0.717) is 6.92 Å². The summed E-state index contributed by atoms with van der Waals surface area (Å²) >= 11 is 5.38. The average molecular weight is 195 g/mol. The van der Waals surface area contributed by atoms with Crippen molar-refractivity contribution < 1.29 is 13.2 Å². The molecule has 4 heteroatoms. The highest BCUT2D eigenvalue weighted by atomic mass is 35.5. The first-order chi connectivity index (χ1) is 5.41. The summed E-state index contributed by atoms with van der Waals surface area (Å²) < 4.78 is 37.9. The molecular weight excluding hydrogens is 189 g/mol. The Labute approximate surface area is 73.0 Å². The Morgan fingerprint density at radius 1 is 1.33 bits per heavy atom.